The van der Waals surface area contributed by atoms with E-state index in [1.165, 1.54) is 13.8 Å². The molecule has 0 saturated heterocycles. The van der Waals surface area contributed by atoms with Crippen molar-refractivity contribution >= 4 is 16.1 Å². The van der Waals surface area contributed by atoms with Crippen LogP contribution in [0.4, 0.5) is 0 Å². The first-order valence-electron chi connectivity index (χ1n) is 7.02. The second kappa shape index (κ2) is 8.47. The second-order valence-corrected chi connectivity index (χ2v) is 6.60. The third-order valence-electron chi connectivity index (χ3n) is 3.76. The Morgan fingerprint density at radius 2 is 1.76 bits per heavy atom. The van der Waals surface area contributed by atoms with E-state index in [9.17, 15) is 22.9 Å². The zero-order chi connectivity index (χ0) is 16.7. The zero-order valence-corrected chi connectivity index (χ0v) is 13.4. The summed E-state index contributed by atoms with van der Waals surface area (Å²) in [5.74, 6) is -1.60. The lowest BCUT2D eigenvalue weighted by atomic mass is 9.86. The van der Waals surface area contributed by atoms with E-state index >= 15 is 0 Å². The molecule has 0 aromatic heterocycles. The quantitative estimate of drug-likeness (QED) is 0.343. The molecule has 0 amide bonds. The summed E-state index contributed by atoms with van der Waals surface area (Å²) in [7, 11) is -4.62. The molecule has 0 aliphatic heterocycles. The Bertz CT molecular complexity index is 479. The highest BCUT2D eigenvalue weighted by Gasteiger charge is 2.45. The molecule has 0 spiro atoms. The van der Waals surface area contributed by atoms with Crippen LogP contribution in [0.3, 0.4) is 0 Å². The number of aliphatic carboxylic acids is 1. The third-order valence-corrected chi connectivity index (χ3v) is 5.53. The number of hydrogen-bond acceptors (Lipinski definition) is 5. The maximum Gasteiger partial charge on any atom is 0.274 e. The van der Waals surface area contributed by atoms with Crippen molar-refractivity contribution in [3.63, 3.8) is 0 Å². The number of carboxylic acid groups (broad SMARTS) is 1. The van der Waals surface area contributed by atoms with Crippen molar-refractivity contribution in [1.82, 2.24) is 0 Å². The predicted molar refractivity (Wildman–Crippen MR) is 75.6 cm³/mol. The average Bonchev–Trinajstić information content (AvgIpc) is 2.39. The number of carboxylic acids is 1. The van der Waals surface area contributed by atoms with Crippen LogP contribution in [0.1, 0.15) is 46.0 Å². The molecule has 0 fully saturated rings. The fourth-order valence-corrected chi connectivity index (χ4v) is 3.85. The van der Waals surface area contributed by atoms with E-state index in [2.05, 4.69) is 5.73 Å². The van der Waals surface area contributed by atoms with Crippen LogP contribution in [-0.4, -0.2) is 41.9 Å². The van der Waals surface area contributed by atoms with Gasteiger partial charge in [0.15, 0.2) is 0 Å². The van der Waals surface area contributed by atoms with Crippen molar-refractivity contribution in [3.8, 4) is 0 Å². The molecule has 0 atom stereocenters. The van der Waals surface area contributed by atoms with Gasteiger partial charge in [-0.3, -0.25) is 4.55 Å². The molecule has 0 aromatic carbocycles. The third kappa shape index (κ3) is 4.50. The van der Waals surface area contributed by atoms with Crippen LogP contribution < -0.4 is 10.8 Å². The first kappa shape index (κ1) is 20.0. The Hall–Kier alpha value is -0.960. The summed E-state index contributed by atoms with van der Waals surface area (Å²) in [6.45, 7) is 3.26. The van der Waals surface area contributed by atoms with Crippen LogP contribution in [-0.2, 0) is 14.9 Å². The number of aliphatic hydroxyl groups is 1. The van der Waals surface area contributed by atoms with Crippen molar-refractivity contribution in [2.75, 3.05) is 13.2 Å². The SMILES string of the molecule is CCC(CC)(C(C(=O)[O-])=C(CC[NH3+])CCCO)S(=O)(=O)O. The molecule has 0 aliphatic rings. The van der Waals surface area contributed by atoms with E-state index in [-0.39, 0.29) is 37.9 Å². The van der Waals surface area contributed by atoms with Gasteiger partial charge in [0.05, 0.1) is 12.5 Å². The van der Waals surface area contributed by atoms with Crippen LogP contribution in [0.5, 0.6) is 0 Å². The van der Waals surface area contributed by atoms with Crippen LogP contribution in [0.2, 0.25) is 0 Å². The summed E-state index contributed by atoms with van der Waals surface area (Å²) in [5.41, 5.74) is 3.63. The maximum absolute atomic E-state index is 11.8. The standard InChI is InChI=1S/C13H25NO6S/c1-3-13(4-2,21(18,19)20)11(12(16)17)10(7-8-14)6-5-9-15/h15H,3-9,14H2,1-2H3,(H,16,17)(H,18,19,20). The second-order valence-electron chi connectivity index (χ2n) is 4.87. The van der Waals surface area contributed by atoms with Crippen molar-refractivity contribution in [2.24, 2.45) is 0 Å². The molecule has 8 heteroatoms. The minimum atomic E-state index is -4.62. The molecule has 7 nitrogen and oxygen atoms in total. The largest absolute Gasteiger partial charge is 0.545 e. The van der Waals surface area contributed by atoms with Crippen molar-refractivity contribution in [2.45, 2.75) is 50.7 Å². The minimum absolute atomic E-state index is 0.0780. The van der Waals surface area contributed by atoms with E-state index in [4.69, 9.17) is 5.11 Å². The summed E-state index contributed by atoms with van der Waals surface area (Å²) in [6.07, 6.45) is 0.658. The van der Waals surface area contributed by atoms with Gasteiger partial charge in [0.25, 0.3) is 10.1 Å². The summed E-state index contributed by atoms with van der Waals surface area (Å²) < 4.78 is 31.3. The van der Waals surface area contributed by atoms with E-state index in [1.807, 2.05) is 0 Å². The number of hydrogen-bond donors (Lipinski definition) is 3. The average molecular weight is 323 g/mol. The topological polar surface area (TPSA) is 142 Å². The van der Waals surface area contributed by atoms with Crippen LogP contribution >= 0.6 is 0 Å². The van der Waals surface area contributed by atoms with Crippen molar-refractivity contribution in [3.05, 3.63) is 11.1 Å². The Morgan fingerprint density at radius 3 is 2.05 bits per heavy atom. The summed E-state index contributed by atoms with van der Waals surface area (Å²) in [4.78, 5) is 11.6. The van der Waals surface area contributed by atoms with Gasteiger partial charge >= 0.3 is 0 Å². The molecule has 21 heavy (non-hydrogen) atoms. The fraction of sp³-hybridized carbons (Fsp3) is 0.769. The van der Waals surface area contributed by atoms with Crippen molar-refractivity contribution < 1.29 is 33.7 Å². The highest BCUT2D eigenvalue weighted by atomic mass is 32.2. The molecule has 0 heterocycles. The summed E-state index contributed by atoms with van der Waals surface area (Å²) in [5, 5.41) is 20.5. The highest BCUT2D eigenvalue weighted by Crippen LogP contribution is 2.36. The lowest BCUT2D eigenvalue weighted by Crippen LogP contribution is -2.51. The van der Waals surface area contributed by atoms with E-state index in [0.717, 1.165) is 0 Å². The molecule has 0 saturated carbocycles. The first-order chi connectivity index (χ1) is 9.71. The van der Waals surface area contributed by atoms with Gasteiger partial charge in [-0.25, -0.2) is 0 Å². The number of aliphatic hydroxyl groups excluding tert-OH is 1. The molecule has 0 bridgehead atoms. The molecular formula is C13H25NO6S. The monoisotopic (exact) mass is 323 g/mol. The summed E-state index contributed by atoms with van der Waals surface area (Å²) >= 11 is 0. The van der Waals surface area contributed by atoms with E-state index in [1.54, 1.807) is 0 Å². The zero-order valence-electron chi connectivity index (χ0n) is 12.6. The minimum Gasteiger partial charge on any atom is -0.545 e. The van der Waals surface area contributed by atoms with Gasteiger partial charge in [-0.05, 0) is 31.3 Å². The Morgan fingerprint density at radius 1 is 1.24 bits per heavy atom. The Kier molecular flexibility index (Phi) is 8.09. The van der Waals surface area contributed by atoms with Gasteiger partial charge in [-0.1, -0.05) is 19.4 Å². The van der Waals surface area contributed by atoms with Gasteiger partial charge in [-0.15, -0.1) is 0 Å². The predicted octanol–water partition coefficient (Wildman–Crippen LogP) is -1.12. The van der Waals surface area contributed by atoms with Crippen LogP contribution in [0, 0.1) is 0 Å². The number of rotatable bonds is 10. The summed E-state index contributed by atoms with van der Waals surface area (Å²) in [6, 6.07) is 0. The number of carbonyl (C=O) groups is 1. The molecular weight excluding hydrogens is 298 g/mol. The molecule has 0 aromatic rings. The van der Waals surface area contributed by atoms with Crippen LogP contribution in [0.25, 0.3) is 0 Å². The van der Waals surface area contributed by atoms with E-state index in [0.29, 0.717) is 18.5 Å². The maximum atomic E-state index is 11.8. The van der Waals surface area contributed by atoms with Gasteiger partial charge in [0, 0.05) is 13.0 Å². The van der Waals surface area contributed by atoms with Gasteiger partial charge in [-0.2, -0.15) is 8.42 Å². The van der Waals surface area contributed by atoms with Gasteiger partial charge in [0.1, 0.15) is 4.75 Å². The fourth-order valence-electron chi connectivity index (χ4n) is 2.63. The lowest BCUT2D eigenvalue weighted by molar-refractivity contribution is -0.366. The normalized spacial score (nSPS) is 14.0. The molecule has 0 unspecified atom stereocenters. The molecule has 124 valence electrons. The number of carbonyl (C=O) groups excluding carboxylic acids is 1. The molecule has 0 radical (unpaired) electrons. The smallest absolute Gasteiger partial charge is 0.274 e. The molecule has 0 rings (SSSR count). The molecule has 0 aliphatic carbocycles. The highest BCUT2D eigenvalue weighted by molar-refractivity contribution is 7.87. The van der Waals surface area contributed by atoms with Gasteiger partial charge < -0.3 is 20.7 Å². The van der Waals surface area contributed by atoms with Crippen molar-refractivity contribution in [1.29, 1.82) is 0 Å². The number of quaternary nitrogens is 1. The van der Waals surface area contributed by atoms with Gasteiger partial charge in [0.2, 0.25) is 0 Å². The lowest BCUT2D eigenvalue weighted by Gasteiger charge is -2.34. The van der Waals surface area contributed by atoms with Crippen LogP contribution in [0.15, 0.2) is 11.1 Å². The van der Waals surface area contributed by atoms with E-state index < -0.39 is 20.8 Å². The first-order valence-corrected chi connectivity index (χ1v) is 8.46. The molecule has 5 N–H and O–H groups in total. The Labute approximate surface area is 125 Å². The Balaban J connectivity index is 6.30.